The highest BCUT2D eigenvalue weighted by molar-refractivity contribution is 5.84. The molecule has 29 heavy (non-hydrogen) atoms. The Balaban J connectivity index is 1.38. The molecular weight excluding hydrogens is 368 g/mol. The molecule has 7 nitrogen and oxygen atoms in total. The van der Waals surface area contributed by atoms with E-state index in [0.717, 1.165) is 22.4 Å². The third-order valence-corrected chi connectivity index (χ3v) is 4.34. The van der Waals surface area contributed by atoms with E-state index in [-0.39, 0.29) is 24.8 Å². The number of anilines is 1. The van der Waals surface area contributed by atoms with Crippen LogP contribution in [0, 0.1) is 13.8 Å². The van der Waals surface area contributed by atoms with Crippen molar-refractivity contribution in [2.75, 3.05) is 11.9 Å². The second-order valence-corrected chi connectivity index (χ2v) is 6.75. The maximum Gasteiger partial charge on any atom is 0.257 e. The number of amides is 2. The number of hydrogen-bond donors (Lipinski definition) is 3. The molecule has 3 rings (SSSR count). The van der Waals surface area contributed by atoms with Gasteiger partial charge in [0.25, 0.3) is 5.91 Å². The molecule has 0 fully saturated rings. The zero-order valence-electron chi connectivity index (χ0n) is 16.5. The third kappa shape index (κ3) is 5.93. The van der Waals surface area contributed by atoms with Gasteiger partial charge in [0.1, 0.15) is 0 Å². The monoisotopic (exact) mass is 392 g/mol. The summed E-state index contributed by atoms with van der Waals surface area (Å²) in [6.07, 6.45) is 2.14. The van der Waals surface area contributed by atoms with Crippen LogP contribution in [0.25, 0.3) is 11.3 Å². The normalized spacial score (nSPS) is 10.4. The fourth-order valence-corrected chi connectivity index (χ4v) is 2.82. The van der Waals surface area contributed by atoms with E-state index < -0.39 is 0 Å². The van der Waals surface area contributed by atoms with Gasteiger partial charge in [-0.15, -0.1) is 0 Å². The van der Waals surface area contributed by atoms with Gasteiger partial charge in [-0.3, -0.25) is 20.4 Å². The highest BCUT2D eigenvalue weighted by atomic mass is 16.4. The molecule has 3 aromatic rings. The molecule has 0 aliphatic heterocycles. The molecule has 3 N–H and O–H groups in total. The Morgan fingerprint density at radius 1 is 1.00 bits per heavy atom. The number of hydrazine groups is 1. The first-order chi connectivity index (χ1) is 14.0. The van der Waals surface area contributed by atoms with Crippen molar-refractivity contribution in [1.82, 2.24) is 15.8 Å². The predicted molar refractivity (Wildman–Crippen MR) is 111 cm³/mol. The molecule has 1 aromatic heterocycles. The lowest BCUT2D eigenvalue weighted by molar-refractivity contribution is -0.128. The van der Waals surface area contributed by atoms with E-state index in [1.165, 1.54) is 0 Å². The number of hydrogen-bond acceptors (Lipinski definition) is 5. The first kappa shape index (κ1) is 20.1. The van der Waals surface area contributed by atoms with E-state index in [4.69, 9.17) is 4.42 Å². The number of carbonyl (C=O) groups is 2. The topological polar surface area (TPSA) is 96.3 Å². The lowest BCUT2D eigenvalue weighted by Gasteiger charge is -2.11. The van der Waals surface area contributed by atoms with Gasteiger partial charge in [0.2, 0.25) is 5.91 Å². The SMILES string of the molecule is Cc1ccc(NCC(=O)NNC(=O)CCc2ncc(-c3ccccc3)o2)c(C)c1. The zero-order valence-corrected chi connectivity index (χ0v) is 16.5. The van der Waals surface area contributed by atoms with E-state index in [9.17, 15) is 9.59 Å². The molecule has 2 amide bonds. The number of nitrogens with zero attached hydrogens (tertiary/aromatic N) is 1. The van der Waals surface area contributed by atoms with E-state index in [0.29, 0.717) is 18.1 Å². The molecule has 0 unspecified atom stereocenters. The Morgan fingerprint density at radius 2 is 1.76 bits per heavy atom. The van der Waals surface area contributed by atoms with E-state index >= 15 is 0 Å². The largest absolute Gasteiger partial charge is 0.441 e. The smallest absolute Gasteiger partial charge is 0.257 e. The van der Waals surface area contributed by atoms with Gasteiger partial charge < -0.3 is 9.73 Å². The first-order valence-electron chi connectivity index (χ1n) is 9.40. The van der Waals surface area contributed by atoms with Crippen molar-refractivity contribution in [1.29, 1.82) is 0 Å². The molecule has 2 aromatic carbocycles. The van der Waals surface area contributed by atoms with Crippen molar-refractivity contribution >= 4 is 17.5 Å². The van der Waals surface area contributed by atoms with Crippen LogP contribution in [-0.4, -0.2) is 23.3 Å². The molecule has 0 bridgehead atoms. The second-order valence-electron chi connectivity index (χ2n) is 6.75. The van der Waals surface area contributed by atoms with Crippen molar-refractivity contribution in [3.05, 3.63) is 71.7 Å². The van der Waals surface area contributed by atoms with Crippen LogP contribution in [0.5, 0.6) is 0 Å². The standard InChI is InChI=1S/C22H24N4O3/c1-15-8-9-18(16(2)12-15)23-14-21(28)26-25-20(27)10-11-22-24-13-19(29-22)17-6-4-3-5-7-17/h3-9,12-13,23H,10-11,14H2,1-2H3,(H,25,27)(H,26,28). The van der Waals surface area contributed by atoms with Crippen LogP contribution >= 0.6 is 0 Å². The van der Waals surface area contributed by atoms with Crippen LogP contribution in [0.3, 0.4) is 0 Å². The number of nitrogens with one attached hydrogen (secondary N) is 3. The van der Waals surface area contributed by atoms with E-state index in [1.807, 2.05) is 62.4 Å². The molecule has 0 radical (unpaired) electrons. The number of rotatable bonds is 7. The molecule has 0 aliphatic rings. The molecule has 0 saturated carbocycles. The number of oxazole rings is 1. The van der Waals surface area contributed by atoms with Gasteiger partial charge in [0, 0.05) is 24.1 Å². The van der Waals surface area contributed by atoms with Crippen LogP contribution < -0.4 is 16.2 Å². The number of benzene rings is 2. The summed E-state index contributed by atoms with van der Waals surface area (Å²) in [5, 5.41) is 3.05. The summed E-state index contributed by atoms with van der Waals surface area (Å²) in [7, 11) is 0. The highest BCUT2D eigenvalue weighted by Crippen LogP contribution is 2.20. The average molecular weight is 392 g/mol. The lowest BCUT2D eigenvalue weighted by Crippen LogP contribution is -2.44. The van der Waals surface area contributed by atoms with Crippen molar-refractivity contribution in [3.63, 3.8) is 0 Å². The minimum absolute atomic E-state index is 0.0599. The van der Waals surface area contributed by atoms with Crippen molar-refractivity contribution in [2.45, 2.75) is 26.7 Å². The van der Waals surface area contributed by atoms with Gasteiger partial charge in [-0.1, -0.05) is 48.0 Å². The Hall–Kier alpha value is -3.61. The summed E-state index contributed by atoms with van der Waals surface area (Å²) in [5.41, 5.74) is 8.83. The molecule has 150 valence electrons. The van der Waals surface area contributed by atoms with Crippen LogP contribution in [0.1, 0.15) is 23.4 Å². The fraction of sp³-hybridized carbons (Fsp3) is 0.227. The minimum Gasteiger partial charge on any atom is -0.441 e. The van der Waals surface area contributed by atoms with Crippen molar-refractivity contribution in [2.24, 2.45) is 0 Å². The summed E-state index contributed by atoms with van der Waals surface area (Å²) >= 11 is 0. The molecule has 0 spiro atoms. The molecule has 0 aliphatic carbocycles. The van der Waals surface area contributed by atoms with Gasteiger partial charge in [-0.05, 0) is 25.5 Å². The number of aryl methyl sites for hydroxylation is 3. The highest BCUT2D eigenvalue weighted by Gasteiger charge is 2.10. The van der Waals surface area contributed by atoms with Gasteiger partial charge in [0.15, 0.2) is 11.7 Å². The Bertz CT molecular complexity index is 983. The maximum absolute atomic E-state index is 11.9. The summed E-state index contributed by atoms with van der Waals surface area (Å²) in [6.45, 7) is 4.05. The maximum atomic E-state index is 11.9. The first-order valence-corrected chi connectivity index (χ1v) is 9.40. The fourth-order valence-electron chi connectivity index (χ4n) is 2.82. The predicted octanol–water partition coefficient (Wildman–Crippen LogP) is 3.15. The molecule has 0 saturated heterocycles. The summed E-state index contributed by atoms with van der Waals surface area (Å²) in [6, 6.07) is 15.6. The van der Waals surface area contributed by atoms with E-state index in [1.54, 1.807) is 6.20 Å². The Morgan fingerprint density at radius 3 is 2.52 bits per heavy atom. The summed E-state index contributed by atoms with van der Waals surface area (Å²) in [4.78, 5) is 28.1. The van der Waals surface area contributed by atoms with Crippen molar-refractivity contribution < 1.29 is 14.0 Å². The Kier molecular flexibility index (Phi) is 6.63. The van der Waals surface area contributed by atoms with Crippen LogP contribution in [0.15, 0.2) is 59.1 Å². The summed E-state index contributed by atoms with van der Waals surface area (Å²) < 4.78 is 5.66. The molecule has 1 heterocycles. The summed E-state index contributed by atoms with van der Waals surface area (Å²) in [5.74, 6) is 0.485. The minimum atomic E-state index is -0.333. The average Bonchev–Trinajstić information content (AvgIpc) is 3.20. The molecule has 7 heteroatoms. The number of aromatic nitrogens is 1. The molecular formula is C22H24N4O3. The van der Waals surface area contributed by atoms with Crippen LogP contribution in [0.4, 0.5) is 5.69 Å². The van der Waals surface area contributed by atoms with Crippen molar-refractivity contribution in [3.8, 4) is 11.3 Å². The Labute approximate surface area is 169 Å². The number of carbonyl (C=O) groups excluding carboxylic acids is 2. The second kappa shape index (κ2) is 9.54. The van der Waals surface area contributed by atoms with Gasteiger partial charge in [0.05, 0.1) is 12.7 Å². The van der Waals surface area contributed by atoms with E-state index in [2.05, 4.69) is 21.2 Å². The quantitative estimate of drug-likeness (QED) is 0.537. The molecule has 0 atom stereocenters. The van der Waals surface area contributed by atoms with Gasteiger partial charge >= 0.3 is 0 Å². The van der Waals surface area contributed by atoms with Crippen LogP contribution in [-0.2, 0) is 16.0 Å². The van der Waals surface area contributed by atoms with Crippen LogP contribution in [0.2, 0.25) is 0 Å². The van der Waals surface area contributed by atoms with Gasteiger partial charge in [-0.2, -0.15) is 0 Å². The lowest BCUT2D eigenvalue weighted by atomic mass is 10.1. The third-order valence-electron chi connectivity index (χ3n) is 4.34. The zero-order chi connectivity index (χ0) is 20.6. The van der Waals surface area contributed by atoms with Gasteiger partial charge in [-0.25, -0.2) is 4.98 Å².